The van der Waals surface area contributed by atoms with E-state index in [1.165, 1.54) is 19.3 Å². The summed E-state index contributed by atoms with van der Waals surface area (Å²) in [6, 6.07) is 0. The number of rotatable bonds is 12. The predicted octanol–water partition coefficient (Wildman–Crippen LogP) is 13.5. The van der Waals surface area contributed by atoms with Crippen molar-refractivity contribution in [1.29, 1.82) is 0 Å². The minimum Gasteiger partial charge on any atom is -0.0654 e. The van der Waals surface area contributed by atoms with Gasteiger partial charge in [-0.25, -0.2) is 0 Å². The average molecular weight is 527 g/mol. The third-order valence-electron chi connectivity index (χ3n) is 8.93. The van der Waals surface area contributed by atoms with Gasteiger partial charge in [-0.05, 0) is 76.9 Å². The maximum absolute atomic E-state index is 2.33. The fraction of sp³-hybridized carbons (Fsp3) is 1.00. The quantitative estimate of drug-likeness (QED) is 0.237. The second-order valence-corrected chi connectivity index (χ2v) is 15.2. The molecule has 0 unspecified atom stereocenters. The van der Waals surface area contributed by atoms with Crippen LogP contribution >= 0.6 is 0 Å². The molecular formula is C37H82. The van der Waals surface area contributed by atoms with E-state index in [0.29, 0.717) is 0 Å². The van der Waals surface area contributed by atoms with Gasteiger partial charge in [0.2, 0.25) is 0 Å². The number of hydrogen-bond acceptors (Lipinski definition) is 0. The highest BCUT2D eigenvalue weighted by Gasteiger charge is 2.20. The van der Waals surface area contributed by atoms with E-state index in [-0.39, 0.29) is 0 Å². The molecule has 0 aromatic heterocycles. The molecule has 0 saturated heterocycles. The molecule has 0 aliphatic rings. The Kier molecular flexibility index (Phi) is 29.8. The summed E-state index contributed by atoms with van der Waals surface area (Å²) in [6.07, 6.45) is 4.06. The first-order valence-electron chi connectivity index (χ1n) is 16.7. The standard InChI is InChI=1S/2C10H22.C9H20.C8H18/c1-7(2)10(8(3)4)9(5)6;1-6-7-10(8(2)3)9(4)5;1-6-9(7(2)3)8(4)5;1-6(2)8(5)7(3)4/h7-10H,1-6H3;8-10H,6-7H2,1-5H3;7-9H,6H2,1-5H3;6-8H,1-5H3. The molecule has 0 heteroatoms. The Bertz CT molecular complexity index is 392. The summed E-state index contributed by atoms with van der Waals surface area (Å²) in [4.78, 5) is 0. The zero-order valence-corrected chi connectivity index (χ0v) is 30.6. The topological polar surface area (TPSA) is 0 Å². The van der Waals surface area contributed by atoms with Crippen molar-refractivity contribution < 1.29 is 0 Å². The van der Waals surface area contributed by atoms with E-state index < -0.39 is 0 Å². The van der Waals surface area contributed by atoms with Crippen LogP contribution in [0.4, 0.5) is 0 Å². The smallest absolute Gasteiger partial charge is 0.0345 e. The van der Waals surface area contributed by atoms with Crippen LogP contribution in [0.5, 0.6) is 0 Å². The van der Waals surface area contributed by atoms with E-state index in [9.17, 15) is 0 Å². The molecule has 0 rings (SSSR count). The van der Waals surface area contributed by atoms with Gasteiger partial charge in [-0.1, -0.05) is 165 Å². The number of hydrogen-bond donors (Lipinski definition) is 0. The summed E-state index contributed by atoms with van der Waals surface area (Å²) in [7, 11) is 0. The summed E-state index contributed by atoms with van der Waals surface area (Å²) in [5, 5.41) is 0. The Hall–Kier alpha value is 0. The van der Waals surface area contributed by atoms with Crippen molar-refractivity contribution in [2.75, 3.05) is 0 Å². The van der Waals surface area contributed by atoms with E-state index in [1.807, 2.05) is 0 Å². The van der Waals surface area contributed by atoms with E-state index in [0.717, 1.165) is 76.9 Å². The van der Waals surface area contributed by atoms with Crippen molar-refractivity contribution in [3.63, 3.8) is 0 Å². The molecule has 0 spiro atoms. The van der Waals surface area contributed by atoms with Crippen molar-refractivity contribution in [2.24, 2.45) is 76.9 Å². The van der Waals surface area contributed by atoms with E-state index >= 15 is 0 Å². The van der Waals surface area contributed by atoms with Gasteiger partial charge in [-0.2, -0.15) is 0 Å². The molecule has 0 nitrogen and oxygen atoms in total. The van der Waals surface area contributed by atoms with Gasteiger partial charge in [0, 0.05) is 0 Å². The molecule has 0 N–H and O–H groups in total. The van der Waals surface area contributed by atoms with Gasteiger partial charge < -0.3 is 0 Å². The average Bonchev–Trinajstić information content (AvgIpc) is 2.71. The van der Waals surface area contributed by atoms with Crippen molar-refractivity contribution in [2.45, 2.75) is 165 Å². The van der Waals surface area contributed by atoms with Crippen LogP contribution in [0.2, 0.25) is 0 Å². The normalized spacial score (nSPS) is 12.2. The minimum atomic E-state index is 0.833. The first kappa shape index (κ1) is 44.0. The highest BCUT2D eigenvalue weighted by atomic mass is 14.3. The van der Waals surface area contributed by atoms with Gasteiger partial charge >= 0.3 is 0 Å². The second-order valence-electron chi connectivity index (χ2n) is 15.2. The third kappa shape index (κ3) is 24.8. The molecule has 0 aliphatic heterocycles. The monoisotopic (exact) mass is 527 g/mol. The van der Waals surface area contributed by atoms with Gasteiger partial charge in [0.25, 0.3) is 0 Å². The van der Waals surface area contributed by atoms with Crippen molar-refractivity contribution in [3.8, 4) is 0 Å². The van der Waals surface area contributed by atoms with Crippen LogP contribution in [0.3, 0.4) is 0 Å². The maximum atomic E-state index is 2.33. The van der Waals surface area contributed by atoms with Gasteiger partial charge in [0.1, 0.15) is 0 Å². The summed E-state index contributed by atoms with van der Waals surface area (Å²) in [5.41, 5.74) is 0. The van der Waals surface area contributed by atoms with Gasteiger partial charge in [0.15, 0.2) is 0 Å². The van der Waals surface area contributed by atoms with Crippen LogP contribution in [0.15, 0.2) is 0 Å². The lowest BCUT2D eigenvalue weighted by molar-refractivity contribution is 0.212. The van der Waals surface area contributed by atoms with Crippen LogP contribution in [0.1, 0.15) is 165 Å². The Labute approximate surface area is 241 Å². The Balaban J connectivity index is -0.000000197. The molecule has 230 valence electrons. The molecule has 0 aromatic carbocycles. The van der Waals surface area contributed by atoms with Crippen molar-refractivity contribution >= 4 is 0 Å². The lowest BCUT2D eigenvalue weighted by atomic mass is 9.78. The third-order valence-corrected chi connectivity index (χ3v) is 8.93. The van der Waals surface area contributed by atoms with Crippen molar-refractivity contribution in [1.82, 2.24) is 0 Å². The zero-order chi connectivity index (χ0) is 30.6. The van der Waals surface area contributed by atoms with Crippen LogP contribution in [-0.2, 0) is 0 Å². The largest absolute Gasteiger partial charge is 0.0654 e. The Morgan fingerprint density at radius 2 is 0.595 bits per heavy atom. The highest BCUT2D eigenvalue weighted by Crippen LogP contribution is 2.28. The van der Waals surface area contributed by atoms with E-state index in [1.54, 1.807) is 0 Å². The first-order valence-corrected chi connectivity index (χ1v) is 16.7. The Morgan fingerprint density at radius 1 is 0.324 bits per heavy atom. The lowest BCUT2D eigenvalue weighted by Gasteiger charge is -2.28. The Morgan fingerprint density at radius 3 is 0.622 bits per heavy atom. The van der Waals surface area contributed by atoms with Crippen LogP contribution in [-0.4, -0.2) is 0 Å². The molecule has 0 radical (unpaired) electrons. The minimum absolute atomic E-state index is 0.833. The van der Waals surface area contributed by atoms with Crippen LogP contribution < -0.4 is 0 Å². The molecule has 0 fully saturated rings. The fourth-order valence-electron chi connectivity index (χ4n) is 6.56. The van der Waals surface area contributed by atoms with Crippen LogP contribution in [0.25, 0.3) is 0 Å². The van der Waals surface area contributed by atoms with Crippen molar-refractivity contribution in [3.05, 3.63) is 0 Å². The second kappa shape index (κ2) is 25.0. The molecule has 0 heterocycles. The molecule has 0 saturated carbocycles. The first-order chi connectivity index (χ1) is 16.7. The maximum Gasteiger partial charge on any atom is -0.0345 e. The summed E-state index contributed by atoms with van der Waals surface area (Å²) < 4.78 is 0. The molecule has 0 bridgehead atoms. The lowest BCUT2D eigenvalue weighted by Crippen LogP contribution is -2.21. The van der Waals surface area contributed by atoms with E-state index in [4.69, 9.17) is 0 Å². The molecule has 0 atom stereocenters. The molecular weight excluding hydrogens is 444 g/mol. The van der Waals surface area contributed by atoms with Gasteiger partial charge in [-0.15, -0.1) is 0 Å². The van der Waals surface area contributed by atoms with Gasteiger partial charge in [0.05, 0.1) is 0 Å². The van der Waals surface area contributed by atoms with E-state index in [2.05, 4.69) is 145 Å². The van der Waals surface area contributed by atoms with Gasteiger partial charge in [-0.3, -0.25) is 0 Å². The summed E-state index contributed by atoms with van der Waals surface area (Å²) in [6.45, 7) is 48.5. The fourth-order valence-corrected chi connectivity index (χ4v) is 6.56. The highest BCUT2D eigenvalue weighted by molar-refractivity contribution is 4.69. The SMILES string of the molecule is CC(C)C(C(C)C)C(C)C.CC(C)C(C)C(C)C.CCC(C(C)C)C(C)C.CCCC(C(C)C)C(C)C. The zero-order valence-electron chi connectivity index (χ0n) is 30.6. The molecule has 0 aliphatic carbocycles. The summed E-state index contributed by atoms with van der Waals surface area (Å²) >= 11 is 0. The molecule has 0 aromatic rings. The molecule has 0 amide bonds. The van der Waals surface area contributed by atoms with Crippen LogP contribution in [0, 0.1) is 76.9 Å². The molecule has 37 heavy (non-hydrogen) atoms. The predicted molar refractivity (Wildman–Crippen MR) is 178 cm³/mol. The summed E-state index contributed by atoms with van der Waals surface area (Å²) in [5.74, 6) is 11.2.